The van der Waals surface area contributed by atoms with Gasteiger partial charge in [0.25, 0.3) is 5.56 Å². The fourth-order valence-electron chi connectivity index (χ4n) is 2.12. The van der Waals surface area contributed by atoms with Gasteiger partial charge in [0.05, 0.1) is 12.4 Å². The van der Waals surface area contributed by atoms with Crippen molar-refractivity contribution in [2.45, 2.75) is 19.1 Å². The molecule has 0 saturated heterocycles. The monoisotopic (exact) mass is 400 g/mol. The van der Waals surface area contributed by atoms with Crippen LogP contribution in [-0.2, 0) is 13.0 Å². The first-order valence-corrected chi connectivity index (χ1v) is 8.23. The number of hydrogen-bond acceptors (Lipinski definition) is 6. The van der Waals surface area contributed by atoms with Crippen LogP contribution in [0.1, 0.15) is 23.4 Å². The molecule has 0 aliphatic heterocycles. The summed E-state index contributed by atoms with van der Waals surface area (Å²) in [6, 6.07) is 6.81. The van der Waals surface area contributed by atoms with E-state index in [1.807, 2.05) is 0 Å². The molecular formula is C15H11Cl3N4O3. The molecule has 2 heterocycles. The van der Waals surface area contributed by atoms with E-state index in [1.165, 1.54) is 10.9 Å². The summed E-state index contributed by atoms with van der Waals surface area (Å²) in [5, 5.41) is 14.3. The number of benzene rings is 1. The Morgan fingerprint density at radius 2 is 1.92 bits per heavy atom. The van der Waals surface area contributed by atoms with Crippen LogP contribution in [0.25, 0.3) is 0 Å². The van der Waals surface area contributed by atoms with E-state index < -0.39 is 11.7 Å². The zero-order valence-electron chi connectivity index (χ0n) is 12.6. The third-order valence-electron chi connectivity index (χ3n) is 3.39. The van der Waals surface area contributed by atoms with E-state index in [1.54, 1.807) is 24.3 Å². The van der Waals surface area contributed by atoms with Crippen molar-refractivity contribution in [1.82, 2.24) is 19.7 Å². The Bertz CT molecular complexity index is 940. The van der Waals surface area contributed by atoms with Gasteiger partial charge >= 0.3 is 0 Å². The summed E-state index contributed by atoms with van der Waals surface area (Å²) in [4.78, 5) is 19.9. The van der Waals surface area contributed by atoms with Crippen molar-refractivity contribution in [3.05, 3.63) is 73.4 Å². The topological polar surface area (TPSA) is 94.0 Å². The number of hydrogen-bond donors (Lipinski definition) is 1. The number of nitrogens with zero attached hydrogens (tertiary/aromatic N) is 4. The molecule has 0 amide bonds. The van der Waals surface area contributed by atoms with Gasteiger partial charge in [-0.05, 0) is 17.7 Å². The lowest BCUT2D eigenvalue weighted by Gasteiger charge is -2.08. The normalized spacial score (nSPS) is 12.3. The zero-order chi connectivity index (χ0) is 18.0. The van der Waals surface area contributed by atoms with Gasteiger partial charge in [-0.3, -0.25) is 9.36 Å². The van der Waals surface area contributed by atoms with Crippen LogP contribution < -0.4 is 5.56 Å². The van der Waals surface area contributed by atoms with Crippen LogP contribution in [0.4, 0.5) is 0 Å². The second-order valence-corrected chi connectivity index (χ2v) is 6.33. The molecule has 0 radical (unpaired) electrons. The number of rotatable bonds is 5. The second kappa shape index (κ2) is 7.53. The number of halogens is 3. The van der Waals surface area contributed by atoms with E-state index in [0.717, 1.165) is 0 Å². The van der Waals surface area contributed by atoms with Gasteiger partial charge in [-0.25, -0.2) is 4.98 Å². The Morgan fingerprint density at radius 3 is 2.64 bits per heavy atom. The highest BCUT2D eigenvalue weighted by atomic mass is 35.5. The molecule has 2 aromatic heterocycles. The van der Waals surface area contributed by atoms with Crippen molar-refractivity contribution in [3.8, 4) is 0 Å². The Hall–Kier alpha value is -1.93. The van der Waals surface area contributed by atoms with Gasteiger partial charge in [0.15, 0.2) is 11.0 Å². The molecule has 1 N–H and O–H groups in total. The minimum absolute atomic E-state index is 0.00718. The summed E-state index contributed by atoms with van der Waals surface area (Å²) in [6.45, 7) is -0.00718. The van der Waals surface area contributed by atoms with Crippen molar-refractivity contribution in [3.63, 3.8) is 0 Å². The number of aliphatic hydroxyl groups is 1. The Labute approximate surface area is 156 Å². The predicted molar refractivity (Wildman–Crippen MR) is 92.0 cm³/mol. The van der Waals surface area contributed by atoms with Gasteiger partial charge < -0.3 is 9.63 Å². The predicted octanol–water partition coefficient (Wildman–Crippen LogP) is 2.91. The SMILES string of the molecule is O=c1c(Cl)c(Cl)ncn1Cc1nc(C[C@H](O)c2ccc(Cl)cc2)no1. The number of aromatic nitrogens is 4. The van der Waals surface area contributed by atoms with E-state index in [2.05, 4.69) is 15.1 Å². The summed E-state index contributed by atoms with van der Waals surface area (Å²) in [6.07, 6.45) is 0.583. The first-order chi connectivity index (χ1) is 11.9. The highest BCUT2D eigenvalue weighted by Crippen LogP contribution is 2.19. The lowest BCUT2D eigenvalue weighted by Crippen LogP contribution is -2.21. The summed E-state index contributed by atoms with van der Waals surface area (Å²) >= 11 is 17.3. The van der Waals surface area contributed by atoms with Crippen molar-refractivity contribution in [2.75, 3.05) is 0 Å². The molecule has 10 heteroatoms. The lowest BCUT2D eigenvalue weighted by molar-refractivity contribution is 0.174. The van der Waals surface area contributed by atoms with Crippen LogP contribution >= 0.6 is 34.8 Å². The first-order valence-electron chi connectivity index (χ1n) is 7.09. The van der Waals surface area contributed by atoms with Crippen molar-refractivity contribution in [2.24, 2.45) is 0 Å². The quantitative estimate of drug-likeness (QED) is 0.661. The van der Waals surface area contributed by atoms with Crippen LogP contribution in [0.2, 0.25) is 15.2 Å². The highest BCUT2D eigenvalue weighted by Gasteiger charge is 2.15. The summed E-state index contributed by atoms with van der Waals surface area (Å²) in [7, 11) is 0. The minimum Gasteiger partial charge on any atom is -0.388 e. The molecule has 3 rings (SSSR count). The Balaban J connectivity index is 1.71. The van der Waals surface area contributed by atoms with E-state index >= 15 is 0 Å². The number of aliphatic hydroxyl groups excluding tert-OH is 1. The molecule has 1 aromatic carbocycles. The summed E-state index contributed by atoms with van der Waals surface area (Å²) in [5.74, 6) is 0.485. The average molecular weight is 402 g/mol. The third-order valence-corrected chi connectivity index (χ3v) is 4.36. The molecule has 3 aromatic rings. The molecule has 0 aliphatic rings. The van der Waals surface area contributed by atoms with Crippen LogP contribution in [-0.4, -0.2) is 24.8 Å². The molecular weight excluding hydrogens is 391 g/mol. The van der Waals surface area contributed by atoms with Crippen molar-refractivity contribution in [1.29, 1.82) is 0 Å². The third kappa shape index (κ3) is 4.19. The van der Waals surface area contributed by atoms with Crippen LogP contribution in [0.5, 0.6) is 0 Å². The molecule has 130 valence electrons. The molecule has 7 nitrogen and oxygen atoms in total. The first kappa shape index (κ1) is 17.9. The van der Waals surface area contributed by atoms with E-state index in [9.17, 15) is 9.90 Å². The smallest absolute Gasteiger partial charge is 0.274 e. The Kier molecular flexibility index (Phi) is 5.39. The minimum atomic E-state index is -0.808. The molecule has 0 spiro atoms. The van der Waals surface area contributed by atoms with Gasteiger partial charge in [-0.1, -0.05) is 52.1 Å². The van der Waals surface area contributed by atoms with Gasteiger partial charge in [0.1, 0.15) is 11.6 Å². The molecule has 1 atom stereocenters. The molecule has 0 aliphatic carbocycles. The molecule has 25 heavy (non-hydrogen) atoms. The fourth-order valence-corrected chi connectivity index (χ4v) is 2.52. The van der Waals surface area contributed by atoms with Crippen LogP contribution in [0.15, 0.2) is 39.9 Å². The maximum Gasteiger partial charge on any atom is 0.274 e. The average Bonchev–Trinajstić information content (AvgIpc) is 3.03. The Morgan fingerprint density at radius 1 is 1.20 bits per heavy atom. The highest BCUT2D eigenvalue weighted by molar-refractivity contribution is 6.40. The maximum absolute atomic E-state index is 12.0. The van der Waals surface area contributed by atoms with Crippen molar-refractivity contribution < 1.29 is 9.63 Å². The van der Waals surface area contributed by atoms with Gasteiger partial charge in [-0.2, -0.15) is 4.98 Å². The van der Waals surface area contributed by atoms with E-state index in [0.29, 0.717) is 16.4 Å². The lowest BCUT2D eigenvalue weighted by atomic mass is 10.1. The standard InChI is InChI=1S/C15H11Cl3N4O3/c16-9-3-1-8(2-4-9)10(23)5-11-20-12(25-21-11)6-22-7-19-14(18)13(17)15(22)24/h1-4,7,10,23H,5-6H2/t10-/m0/s1. The molecule has 0 fully saturated rings. The fraction of sp³-hybridized carbons (Fsp3) is 0.200. The maximum atomic E-state index is 12.0. The molecule has 0 saturated carbocycles. The second-order valence-electron chi connectivity index (χ2n) is 5.16. The van der Waals surface area contributed by atoms with Crippen LogP contribution in [0, 0.1) is 0 Å². The van der Waals surface area contributed by atoms with Crippen LogP contribution in [0.3, 0.4) is 0 Å². The van der Waals surface area contributed by atoms with Gasteiger partial charge in [-0.15, -0.1) is 0 Å². The van der Waals surface area contributed by atoms with E-state index in [-0.39, 0.29) is 29.0 Å². The summed E-state index contributed by atoms with van der Waals surface area (Å²) in [5.41, 5.74) is 0.170. The summed E-state index contributed by atoms with van der Waals surface area (Å²) < 4.78 is 6.29. The van der Waals surface area contributed by atoms with Gasteiger partial charge in [0.2, 0.25) is 5.89 Å². The molecule has 0 bridgehead atoms. The zero-order valence-corrected chi connectivity index (χ0v) is 14.8. The van der Waals surface area contributed by atoms with Gasteiger partial charge in [0, 0.05) is 11.4 Å². The molecule has 0 unspecified atom stereocenters. The van der Waals surface area contributed by atoms with Crippen molar-refractivity contribution >= 4 is 34.8 Å². The van der Waals surface area contributed by atoms with E-state index in [4.69, 9.17) is 39.3 Å². The largest absolute Gasteiger partial charge is 0.388 e.